The van der Waals surface area contributed by atoms with Gasteiger partial charge in [-0.1, -0.05) is 13.8 Å². The van der Waals surface area contributed by atoms with Crippen LogP contribution < -0.4 is 0 Å². The molecule has 2 rings (SSSR count). The fourth-order valence-electron chi connectivity index (χ4n) is 2.85. The van der Waals surface area contributed by atoms with Gasteiger partial charge in [-0.2, -0.15) is 0 Å². The monoisotopic (exact) mass is 225 g/mol. The number of nitrogens with zero attached hydrogens (tertiary/aromatic N) is 1. The first-order valence-corrected chi connectivity index (χ1v) is 6.13. The van der Waals surface area contributed by atoms with Crippen molar-refractivity contribution in [1.82, 2.24) is 4.90 Å². The first-order valence-electron chi connectivity index (χ1n) is 6.13. The molecule has 1 spiro atoms. The summed E-state index contributed by atoms with van der Waals surface area (Å²) in [4.78, 5) is 13.8. The Morgan fingerprint density at radius 2 is 1.88 bits per heavy atom. The maximum Gasteiger partial charge on any atom is 0.410 e. The molecule has 3 heteroatoms. The maximum absolute atomic E-state index is 11.9. The van der Waals surface area contributed by atoms with Crippen molar-refractivity contribution in [3.63, 3.8) is 0 Å². The Hall–Kier alpha value is -0.730. The molecule has 0 aromatic rings. The zero-order valence-electron chi connectivity index (χ0n) is 11.1. The lowest BCUT2D eigenvalue weighted by atomic mass is 9.95. The second-order valence-electron chi connectivity index (χ2n) is 6.99. The summed E-state index contributed by atoms with van der Waals surface area (Å²) < 4.78 is 5.40. The molecule has 1 aliphatic carbocycles. The van der Waals surface area contributed by atoms with Crippen LogP contribution in [-0.2, 0) is 4.74 Å². The summed E-state index contributed by atoms with van der Waals surface area (Å²) in [7, 11) is 0. The molecule has 2 fully saturated rings. The van der Waals surface area contributed by atoms with Gasteiger partial charge < -0.3 is 9.64 Å². The molecule has 1 amide bonds. The largest absolute Gasteiger partial charge is 0.444 e. The van der Waals surface area contributed by atoms with E-state index in [4.69, 9.17) is 4.74 Å². The van der Waals surface area contributed by atoms with Gasteiger partial charge in [-0.3, -0.25) is 0 Å². The Kier molecular flexibility index (Phi) is 2.31. The van der Waals surface area contributed by atoms with Crippen molar-refractivity contribution in [2.75, 3.05) is 13.1 Å². The van der Waals surface area contributed by atoms with Crippen molar-refractivity contribution in [2.45, 2.75) is 53.1 Å². The van der Waals surface area contributed by atoms with Crippen LogP contribution in [-0.4, -0.2) is 29.7 Å². The Morgan fingerprint density at radius 3 is 2.25 bits per heavy atom. The molecule has 0 aromatic heterocycles. The number of carbonyl (C=O) groups excluding carboxylic acids is 1. The molecule has 92 valence electrons. The average Bonchev–Trinajstić information content (AvgIpc) is 2.46. The first kappa shape index (κ1) is 11.7. The summed E-state index contributed by atoms with van der Waals surface area (Å²) in [5, 5.41) is 0. The second-order valence-corrected chi connectivity index (χ2v) is 6.99. The molecular weight excluding hydrogens is 202 g/mol. The summed E-state index contributed by atoms with van der Waals surface area (Å²) >= 11 is 0. The van der Waals surface area contributed by atoms with E-state index in [0.29, 0.717) is 10.8 Å². The Morgan fingerprint density at radius 1 is 1.31 bits per heavy atom. The van der Waals surface area contributed by atoms with Gasteiger partial charge in [-0.25, -0.2) is 4.79 Å². The smallest absolute Gasteiger partial charge is 0.410 e. The van der Waals surface area contributed by atoms with Crippen molar-refractivity contribution in [3.8, 4) is 0 Å². The number of likely N-dealkylation sites (tertiary alicyclic amines) is 1. The Balaban J connectivity index is 1.93. The van der Waals surface area contributed by atoms with E-state index >= 15 is 0 Å². The van der Waals surface area contributed by atoms with Crippen molar-refractivity contribution < 1.29 is 9.53 Å². The third-order valence-corrected chi connectivity index (χ3v) is 4.10. The molecule has 1 heterocycles. The molecule has 2 aliphatic rings. The predicted octanol–water partition coefficient (Wildman–Crippen LogP) is 3.04. The predicted molar refractivity (Wildman–Crippen MR) is 63.3 cm³/mol. The standard InChI is InChI=1S/C13H23NO2/c1-11(2,3)16-10(15)14-7-6-13(9-14)8-12(13,4)5/h6-9H2,1-5H3. The van der Waals surface area contributed by atoms with Crippen molar-refractivity contribution in [1.29, 1.82) is 0 Å². The van der Waals surface area contributed by atoms with Crippen molar-refractivity contribution in [2.24, 2.45) is 10.8 Å². The van der Waals surface area contributed by atoms with Gasteiger partial charge in [0.15, 0.2) is 0 Å². The molecule has 0 bridgehead atoms. The SMILES string of the molecule is CC(C)(C)OC(=O)N1CCC2(C1)CC2(C)C. The highest BCUT2D eigenvalue weighted by Gasteiger charge is 2.63. The van der Waals surface area contributed by atoms with Gasteiger partial charge in [0.1, 0.15) is 5.60 Å². The number of hydrogen-bond acceptors (Lipinski definition) is 2. The molecule has 16 heavy (non-hydrogen) atoms. The van der Waals surface area contributed by atoms with Crippen LogP contribution in [0.5, 0.6) is 0 Å². The van der Waals surface area contributed by atoms with Gasteiger partial charge in [0.2, 0.25) is 0 Å². The maximum atomic E-state index is 11.9. The number of ether oxygens (including phenoxy) is 1. The molecule has 1 unspecified atom stereocenters. The minimum Gasteiger partial charge on any atom is -0.444 e. The van der Waals surface area contributed by atoms with Crippen molar-refractivity contribution in [3.05, 3.63) is 0 Å². The van der Waals surface area contributed by atoms with Crippen LogP contribution in [0.15, 0.2) is 0 Å². The second kappa shape index (κ2) is 3.14. The highest BCUT2D eigenvalue weighted by Crippen LogP contribution is 2.67. The van der Waals surface area contributed by atoms with E-state index in [1.165, 1.54) is 6.42 Å². The van der Waals surface area contributed by atoms with Gasteiger partial charge in [0.25, 0.3) is 0 Å². The minimum absolute atomic E-state index is 0.146. The molecule has 1 saturated heterocycles. The molecule has 0 N–H and O–H groups in total. The van der Waals surface area contributed by atoms with Crippen LogP contribution in [0.2, 0.25) is 0 Å². The van der Waals surface area contributed by atoms with E-state index in [-0.39, 0.29) is 11.7 Å². The molecular formula is C13H23NO2. The highest BCUT2D eigenvalue weighted by molar-refractivity contribution is 5.68. The third kappa shape index (κ3) is 1.92. The van der Waals surface area contributed by atoms with E-state index in [1.807, 2.05) is 25.7 Å². The van der Waals surface area contributed by atoms with E-state index in [0.717, 1.165) is 19.5 Å². The lowest BCUT2D eigenvalue weighted by Gasteiger charge is -2.24. The Labute approximate surface area is 98.1 Å². The van der Waals surface area contributed by atoms with E-state index < -0.39 is 0 Å². The minimum atomic E-state index is -0.383. The summed E-state index contributed by atoms with van der Waals surface area (Å²) in [5.74, 6) is 0. The number of hydrogen-bond donors (Lipinski definition) is 0. The molecule has 0 aromatic carbocycles. The first-order chi connectivity index (χ1) is 7.15. The fourth-order valence-corrected chi connectivity index (χ4v) is 2.85. The number of amides is 1. The lowest BCUT2D eigenvalue weighted by Crippen LogP contribution is -2.35. The zero-order chi connectivity index (χ0) is 12.2. The summed E-state index contributed by atoms with van der Waals surface area (Å²) in [6, 6.07) is 0. The van der Waals surface area contributed by atoms with Crippen LogP contribution in [0.1, 0.15) is 47.5 Å². The topological polar surface area (TPSA) is 29.5 Å². The molecule has 1 saturated carbocycles. The quantitative estimate of drug-likeness (QED) is 0.634. The fraction of sp³-hybridized carbons (Fsp3) is 0.923. The van der Waals surface area contributed by atoms with Gasteiger partial charge >= 0.3 is 6.09 Å². The number of carbonyl (C=O) groups is 1. The van der Waals surface area contributed by atoms with Gasteiger partial charge in [-0.15, -0.1) is 0 Å². The number of rotatable bonds is 0. The van der Waals surface area contributed by atoms with Gasteiger partial charge in [-0.05, 0) is 44.4 Å². The van der Waals surface area contributed by atoms with Gasteiger partial charge in [0.05, 0.1) is 0 Å². The molecule has 1 atom stereocenters. The highest BCUT2D eigenvalue weighted by atomic mass is 16.6. The third-order valence-electron chi connectivity index (χ3n) is 4.10. The Bertz CT molecular complexity index is 316. The zero-order valence-corrected chi connectivity index (χ0v) is 11.1. The summed E-state index contributed by atoms with van der Waals surface area (Å²) in [6.45, 7) is 12.1. The van der Waals surface area contributed by atoms with Crippen molar-refractivity contribution >= 4 is 6.09 Å². The van der Waals surface area contributed by atoms with Crippen LogP contribution in [0.25, 0.3) is 0 Å². The van der Waals surface area contributed by atoms with Crippen LogP contribution in [0.3, 0.4) is 0 Å². The van der Waals surface area contributed by atoms with Crippen LogP contribution in [0, 0.1) is 10.8 Å². The normalized spacial score (nSPS) is 31.9. The average molecular weight is 225 g/mol. The van der Waals surface area contributed by atoms with E-state index in [9.17, 15) is 4.79 Å². The van der Waals surface area contributed by atoms with E-state index in [2.05, 4.69) is 13.8 Å². The molecule has 1 aliphatic heterocycles. The summed E-state index contributed by atoms with van der Waals surface area (Å²) in [6.07, 6.45) is 2.24. The van der Waals surface area contributed by atoms with Gasteiger partial charge in [0, 0.05) is 13.1 Å². The molecule has 0 radical (unpaired) electrons. The summed E-state index contributed by atoms with van der Waals surface area (Å²) in [5.41, 5.74) is 0.430. The molecule has 3 nitrogen and oxygen atoms in total. The van der Waals surface area contributed by atoms with E-state index in [1.54, 1.807) is 0 Å². The van der Waals surface area contributed by atoms with Crippen LogP contribution in [0.4, 0.5) is 4.79 Å². The van der Waals surface area contributed by atoms with Crippen LogP contribution >= 0.6 is 0 Å². The lowest BCUT2D eigenvalue weighted by molar-refractivity contribution is 0.0283.